The summed E-state index contributed by atoms with van der Waals surface area (Å²) < 4.78 is 5.48. The minimum atomic E-state index is -0.103. The second-order valence-corrected chi connectivity index (χ2v) is 9.92. The second kappa shape index (κ2) is 10.9. The van der Waals surface area contributed by atoms with Gasteiger partial charge >= 0.3 is 6.09 Å². The molecule has 0 N–H and O–H groups in total. The lowest BCUT2D eigenvalue weighted by Crippen LogP contribution is -2.46. The first-order valence-electron chi connectivity index (χ1n) is 12.8. The lowest BCUT2D eigenvalue weighted by molar-refractivity contribution is 0.104. The van der Waals surface area contributed by atoms with E-state index in [1.165, 1.54) is 16.8 Å². The Balaban J connectivity index is 1.28. The van der Waals surface area contributed by atoms with Crippen molar-refractivity contribution in [2.24, 2.45) is 11.8 Å². The van der Waals surface area contributed by atoms with Crippen LogP contribution in [-0.4, -0.2) is 86.3 Å². The zero-order valence-corrected chi connectivity index (χ0v) is 20.4. The van der Waals surface area contributed by atoms with Crippen molar-refractivity contribution in [3.8, 4) is 0 Å². The fourth-order valence-corrected chi connectivity index (χ4v) is 5.70. The van der Waals surface area contributed by atoms with Gasteiger partial charge in [0, 0.05) is 64.6 Å². The maximum Gasteiger partial charge on any atom is 0.409 e. The molecule has 0 spiro atoms. The van der Waals surface area contributed by atoms with E-state index in [0.717, 1.165) is 84.7 Å². The number of likely N-dealkylation sites (tertiary alicyclic amines) is 2. The first kappa shape index (κ1) is 23.4. The molecule has 3 fully saturated rings. The molecule has 6 heteroatoms. The van der Waals surface area contributed by atoms with Crippen LogP contribution in [0.1, 0.15) is 44.2 Å². The van der Waals surface area contributed by atoms with E-state index in [9.17, 15) is 4.79 Å². The molecule has 178 valence electrons. The number of fused-ring (bicyclic) bond motifs is 1. The summed E-state index contributed by atoms with van der Waals surface area (Å²) in [5.74, 6) is 1.17. The molecule has 4 rings (SSSR count). The number of carbonyl (C=O) groups excluding carboxylic acids is 1. The van der Waals surface area contributed by atoms with Gasteiger partial charge in [-0.15, -0.1) is 0 Å². The van der Waals surface area contributed by atoms with Crippen molar-refractivity contribution in [1.82, 2.24) is 14.7 Å². The molecule has 3 aliphatic rings. The van der Waals surface area contributed by atoms with E-state index in [1.807, 2.05) is 4.90 Å². The Morgan fingerprint density at radius 1 is 0.969 bits per heavy atom. The van der Waals surface area contributed by atoms with E-state index >= 15 is 0 Å². The van der Waals surface area contributed by atoms with E-state index in [1.54, 1.807) is 0 Å². The first-order chi connectivity index (χ1) is 15.6. The second-order valence-electron chi connectivity index (χ2n) is 9.92. The van der Waals surface area contributed by atoms with Crippen molar-refractivity contribution in [3.05, 3.63) is 29.3 Å². The average Bonchev–Trinajstić information content (AvgIpc) is 3.37. The molecule has 2 unspecified atom stereocenters. The molecule has 3 saturated heterocycles. The first-order valence-corrected chi connectivity index (χ1v) is 12.8. The average molecular weight is 443 g/mol. The van der Waals surface area contributed by atoms with Crippen LogP contribution in [0.4, 0.5) is 10.5 Å². The van der Waals surface area contributed by atoms with Crippen molar-refractivity contribution < 1.29 is 9.53 Å². The molecule has 1 amide bonds. The smallest absolute Gasteiger partial charge is 0.409 e. The summed E-state index contributed by atoms with van der Waals surface area (Å²) in [4.78, 5) is 22.0. The topological polar surface area (TPSA) is 39.3 Å². The number of hydrogen-bond acceptors (Lipinski definition) is 5. The third-order valence-electron chi connectivity index (χ3n) is 7.77. The van der Waals surface area contributed by atoms with Crippen LogP contribution in [0, 0.1) is 18.8 Å². The zero-order chi connectivity index (χ0) is 22.5. The molecule has 32 heavy (non-hydrogen) atoms. The maximum absolute atomic E-state index is 12.4. The van der Waals surface area contributed by atoms with Crippen LogP contribution in [0.15, 0.2) is 18.2 Å². The number of rotatable bonds is 8. The molecule has 1 aromatic carbocycles. The molecule has 6 nitrogen and oxygen atoms in total. The summed E-state index contributed by atoms with van der Waals surface area (Å²) in [5.41, 5.74) is 4.30. The third-order valence-corrected chi connectivity index (χ3v) is 7.77. The number of ether oxygens (including phenoxy) is 1. The van der Waals surface area contributed by atoms with Crippen molar-refractivity contribution in [3.63, 3.8) is 0 Å². The summed E-state index contributed by atoms with van der Waals surface area (Å²) in [6.07, 6.45) is 3.15. The van der Waals surface area contributed by atoms with E-state index in [0.29, 0.717) is 18.4 Å². The summed E-state index contributed by atoms with van der Waals surface area (Å²) in [7, 11) is 0. The Labute approximate surface area is 194 Å². The predicted octanol–water partition coefficient (Wildman–Crippen LogP) is 3.83. The van der Waals surface area contributed by atoms with E-state index in [2.05, 4.69) is 53.7 Å². The van der Waals surface area contributed by atoms with Gasteiger partial charge in [0.2, 0.25) is 0 Å². The number of benzene rings is 1. The van der Waals surface area contributed by atoms with Crippen molar-refractivity contribution in [2.45, 2.75) is 46.6 Å². The van der Waals surface area contributed by atoms with E-state index in [-0.39, 0.29) is 6.09 Å². The molecule has 2 atom stereocenters. The number of carbonyl (C=O) groups is 1. The summed E-state index contributed by atoms with van der Waals surface area (Å²) in [6.45, 7) is 17.9. The fraction of sp³-hybridized carbons (Fsp3) is 0.731. The minimum Gasteiger partial charge on any atom is -0.449 e. The Morgan fingerprint density at radius 2 is 1.69 bits per heavy atom. The zero-order valence-electron chi connectivity index (χ0n) is 20.4. The fourth-order valence-electron chi connectivity index (χ4n) is 5.70. The quantitative estimate of drug-likeness (QED) is 0.572. The Bertz CT molecular complexity index is 748. The number of hydrogen-bond donors (Lipinski definition) is 0. The number of nitrogens with zero attached hydrogens (tertiary/aromatic N) is 4. The summed E-state index contributed by atoms with van der Waals surface area (Å²) in [6, 6.07) is 6.83. The predicted molar refractivity (Wildman–Crippen MR) is 130 cm³/mol. The highest BCUT2D eigenvalue weighted by Gasteiger charge is 2.42. The van der Waals surface area contributed by atoms with Crippen LogP contribution in [0.5, 0.6) is 0 Å². The standard InChI is InChI=1S/C26H42N4O2/c1-4-6-7-15-32-26(31)30-19-23-17-28(18-24(23)20-30)16-22-9-8-10-25(21(22)3)29-13-11-27(5-2)12-14-29/h8-10,23-24H,4-7,11-20H2,1-3H3. The molecule has 3 heterocycles. The van der Waals surface area contributed by atoms with Gasteiger partial charge in [-0.25, -0.2) is 4.79 Å². The molecular weight excluding hydrogens is 400 g/mol. The summed E-state index contributed by atoms with van der Waals surface area (Å²) in [5, 5.41) is 0. The third kappa shape index (κ3) is 5.40. The van der Waals surface area contributed by atoms with Gasteiger partial charge in [0.15, 0.2) is 0 Å². The Morgan fingerprint density at radius 3 is 2.34 bits per heavy atom. The lowest BCUT2D eigenvalue weighted by Gasteiger charge is -2.36. The van der Waals surface area contributed by atoms with E-state index < -0.39 is 0 Å². The van der Waals surface area contributed by atoms with Crippen LogP contribution in [-0.2, 0) is 11.3 Å². The normalized spacial score (nSPS) is 24.2. The molecule has 3 aliphatic heterocycles. The van der Waals surface area contributed by atoms with Gasteiger partial charge in [0.25, 0.3) is 0 Å². The monoisotopic (exact) mass is 442 g/mol. The van der Waals surface area contributed by atoms with Gasteiger partial charge in [-0.2, -0.15) is 0 Å². The van der Waals surface area contributed by atoms with Crippen LogP contribution in [0.3, 0.4) is 0 Å². The number of anilines is 1. The minimum absolute atomic E-state index is 0.103. The van der Waals surface area contributed by atoms with Crippen LogP contribution < -0.4 is 4.90 Å². The van der Waals surface area contributed by atoms with Crippen molar-refractivity contribution >= 4 is 11.8 Å². The van der Waals surface area contributed by atoms with Gasteiger partial charge < -0.3 is 19.4 Å². The van der Waals surface area contributed by atoms with Gasteiger partial charge in [-0.1, -0.05) is 38.8 Å². The van der Waals surface area contributed by atoms with Gasteiger partial charge in [0.05, 0.1) is 6.61 Å². The summed E-state index contributed by atoms with van der Waals surface area (Å²) >= 11 is 0. The number of unbranched alkanes of at least 4 members (excludes halogenated alkanes) is 2. The van der Waals surface area contributed by atoms with Crippen LogP contribution in [0.2, 0.25) is 0 Å². The van der Waals surface area contributed by atoms with Crippen molar-refractivity contribution in [2.75, 3.05) is 70.4 Å². The molecule has 0 bridgehead atoms. The number of amides is 1. The largest absolute Gasteiger partial charge is 0.449 e. The van der Waals surface area contributed by atoms with Gasteiger partial charge in [-0.05, 0) is 48.9 Å². The molecule has 0 radical (unpaired) electrons. The highest BCUT2D eigenvalue weighted by molar-refractivity contribution is 5.68. The van der Waals surface area contributed by atoms with Gasteiger partial charge in [0.1, 0.15) is 0 Å². The number of likely N-dealkylation sites (N-methyl/N-ethyl adjacent to an activating group) is 1. The van der Waals surface area contributed by atoms with Crippen molar-refractivity contribution in [1.29, 1.82) is 0 Å². The van der Waals surface area contributed by atoms with Crippen LogP contribution in [0.25, 0.3) is 0 Å². The van der Waals surface area contributed by atoms with E-state index in [4.69, 9.17) is 4.74 Å². The highest BCUT2D eigenvalue weighted by atomic mass is 16.6. The Hall–Kier alpha value is -1.79. The molecule has 0 aromatic heterocycles. The SMILES string of the molecule is CCCCCOC(=O)N1CC2CN(Cc3cccc(N4CCN(CC)CC4)c3C)CC2C1. The molecule has 0 aliphatic carbocycles. The highest BCUT2D eigenvalue weighted by Crippen LogP contribution is 2.33. The molecule has 1 aromatic rings. The maximum atomic E-state index is 12.4. The molecular formula is C26H42N4O2. The number of piperazine rings is 1. The molecule has 0 saturated carbocycles. The Kier molecular flexibility index (Phi) is 7.95. The van der Waals surface area contributed by atoms with Gasteiger partial charge in [-0.3, -0.25) is 4.90 Å². The lowest BCUT2D eigenvalue weighted by atomic mass is 10.0. The van der Waals surface area contributed by atoms with Crippen LogP contribution >= 0.6 is 0 Å².